The lowest BCUT2D eigenvalue weighted by molar-refractivity contribution is -0.138. The molecule has 1 aromatic rings. The normalized spacial score (nSPS) is 18.1. The van der Waals surface area contributed by atoms with Crippen molar-refractivity contribution in [1.29, 1.82) is 5.41 Å². The summed E-state index contributed by atoms with van der Waals surface area (Å²) in [4.78, 5) is 28.3. The number of carbonyl (C=O) groups is 2. The van der Waals surface area contributed by atoms with Crippen LogP contribution in [0.4, 0.5) is 8.78 Å². The van der Waals surface area contributed by atoms with Gasteiger partial charge >= 0.3 is 5.91 Å². The standard InChI is InChI=1S/C17H19F2N3O5/c1-17(25,7-13(20)9-3-10(18)5-11(19)4-9)16(24)21-12-6-14(27-8-12)15(23)22-26-2/h3-6,12,20,25H,7-8H2,1-2H3,(H,21,24)(H,22,23)/t12-,17?/m1/s1. The van der Waals surface area contributed by atoms with Gasteiger partial charge in [-0.25, -0.2) is 14.3 Å². The number of aliphatic hydroxyl groups is 1. The minimum absolute atomic E-state index is 0.0269. The van der Waals surface area contributed by atoms with Crippen molar-refractivity contribution in [1.82, 2.24) is 10.8 Å². The van der Waals surface area contributed by atoms with Crippen molar-refractivity contribution < 1.29 is 33.1 Å². The second kappa shape index (κ2) is 8.23. The number of ether oxygens (including phenoxy) is 1. The minimum Gasteiger partial charge on any atom is -0.486 e. The molecule has 2 atom stereocenters. The smallest absolute Gasteiger partial charge is 0.309 e. The fourth-order valence-electron chi connectivity index (χ4n) is 2.40. The number of carbonyl (C=O) groups excluding carboxylic acids is 2. The summed E-state index contributed by atoms with van der Waals surface area (Å²) < 4.78 is 31.7. The first-order chi connectivity index (χ1) is 12.6. The molecule has 146 valence electrons. The first-order valence-corrected chi connectivity index (χ1v) is 7.87. The monoisotopic (exact) mass is 383 g/mol. The lowest BCUT2D eigenvalue weighted by Crippen LogP contribution is -2.49. The van der Waals surface area contributed by atoms with Crippen LogP contribution in [-0.2, 0) is 19.2 Å². The number of benzene rings is 1. The summed E-state index contributed by atoms with van der Waals surface area (Å²) in [5.74, 6) is -3.24. The maximum absolute atomic E-state index is 13.3. The summed E-state index contributed by atoms with van der Waals surface area (Å²) in [6.45, 7) is 1.14. The van der Waals surface area contributed by atoms with Gasteiger partial charge in [-0.05, 0) is 25.1 Å². The van der Waals surface area contributed by atoms with Gasteiger partial charge in [0.25, 0.3) is 5.91 Å². The van der Waals surface area contributed by atoms with Crippen LogP contribution in [0.25, 0.3) is 0 Å². The van der Waals surface area contributed by atoms with Gasteiger partial charge in [-0.1, -0.05) is 0 Å². The fraction of sp³-hybridized carbons (Fsp3) is 0.353. The van der Waals surface area contributed by atoms with Crippen molar-refractivity contribution in [2.75, 3.05) is 13.7 Å². The Labute approximate surface area is 153 Å². The van der Waals surface area contributed by atoms with E-state index in [1.165, 1.54) is 20.1 Å². The minimum atomic E-state index is -2.02. The molecule has 1 aliphatic heterocycles. The molecule has 27 heavy (non-hydrogen) atoms. The molecule has 10 heteroatoms. The summed E-state index contributed by atoms with van der Waals surface area (Å²) >= 11 is 0. The molecule has 1 unspecified atom stereocenters. The van der Waals surface area contributed by atoms with Crippen LogP contribution in [0.2, 0.25) is 0 Å². The van der Waals surface area contributed by atoms with Crippen molar-refractivity contribution in [3.63, 3.8) is 0 Å². The van der Waals surface area contributed by atoms with Gasteiger partial charge in [0, 0.05) is 23.8 Å². The van der Waals surface area contributed by atoms with Crippen molar-refractivity contribution in [3.8, 4) is 0 Å². The molecule has 1 aromatic carbocycles. The van der Waals surface area contributed by atoms with Crippen LogP contribution in [0, 0.1) is 17.0 Å². The number of halogens is 2. The molecule has 0 fully saturated rings. The van der Waals surface area contributed by atoms with Gasteiger partial charge in [0.05, 0.1) is 13.2 Å². The van der Waals surface area contributed by atoms with Crippen LogP contribution in [-0.4, -0.2) is 48.0 Å². The summed E-state index contributed by atoms with van der Waals surface area (Å²) in [6, 6.07) is 1.86. The van der Waals surface area contributed by atoms with Gasteiger partial charge in [-0.3, -0.25) is 14.4 Å². The van der Waals surface area contributed by atoms with Crippen LogP contribution >= 0.6 is 0 Å². The number of hydrogen-bond acceptors (Lipinski definition) is 6. The Bertz CT molecular complexity index is 775. The zero-order valence-corrected chi connectivity index (χ0v) is 14.6. The van der Waals surface area contributed by atoms with Crippen LogP contribution in [0.1, 0.15) is 18.9 Å². The highest BCUT2D eigenvalue weighted by Gasteiger charge is 2.34. The van der Waals surface area contributed by atoms with E-state index in [9.17, 15) is 23.5 Å². The third-order valence-corrected chi connectivity index (χ3v) is 3.73. The molecule has 0 radical (unpaired) electrons. The number of nitrogens with one attached hydrogen (secondary N) is 3. The van der Waals surface area contributed by atoms with Crippen LogP contribution in [0.3, 0.4) is 0 Å². The molecule has 2 amide bonds. The van der Waals surface area contributed by atoms with Gasteiger partial charge in [0.15, 0.2) is 5.76 Å². The summed E-state index contributed by atoms with van der Waals surface area (Å²) in [5, 5.41) is 20.8. The molecule has 0 aliphatic carbocycles. The first-order valence-electron chi connectivity index (χ1n) is 7.87. The highest BCUT2D eigenvalue weighted by atomic mass is 19.1. The van der Waals surface area contributed by atoms with Gasteiger partial charge in [-0.15, -0.1) is 0 Å². The molecule has 8 nitrogen and oxygen atoms in total. The first kappa shape index (κ1) is 20.5. The lowest BCUT2D eigenvalue weighted by atomic mass is 9.94. The van der Waals surface area contributed by atoms with Crippen LogP contribution < -0.4 is 10.8 Å². The van der Waals surface area contributed by atoms with Crippen LogP contribution in [0.15, 0.2) is 30.0 Å². The Kier molecular flexibility index (Phi) is 6.24. The third kappa shape index (κ3) is 5.31. The maximum atomic E-state index is 13.3. The second-order valence-corrected chi connectivity index (χ2v) is 6.14. The van der Waals surface area contributed by atoms with E-state index in [4.69, 9.17) is 10.1 Å². The molecule has 0 aromatic heterocycles. The van der Waals surface area contributed by atoms with Crippen molar-refractivity contribution >= 4 is 17.5 Å². The van der Waals surface area contributed by atoms with Gasteiger partial charge in [0.2, 0.25) is 0 Å². The Morgan fingerprint density at radius 3 is 2.59 bits per heavy atom. The molecule has 0 saturated heterocycles. The van der Waals surface area contributed by atoms with E-state index >= 15 is 0 Å². The zero-order chi connectivity index (χ0) is 20.2. The second-order valence-electron chi connectivity index (χ2n) is 6.14. The van der Waals surface area contributed by atoms with E-state index in [0.29, 0.717) is 6.07 Å². The number of hydroxylamine groups is 1. The van der Waals surface area contributed by atoms with Crippen molar-refractivity contribution in [2.24, 2.45) is 0 Å². The highest BCUT2D eigenvalue weighted by molar-refractivity contribution is 6.02. The Morgan fingerprint density at radius 1 is 1.37 bits per heavy atom. The predicted octanol–water partition coefficient (Wildman–Crippen LogP) is 0.550. The average molecular weight is 383 g/mol. The van der Waals surface area contributed by atoms with E-state index in [1.807, 2.05) is 0 Å². The molecule has 0 bridgehead atoms. The molecule has 1 heterocycles. The fourth-order valence-corrected chi connectivity index (χ4v) is 2.40. The number of hydrogen-bond donors (Lipinski definition) is 4. The Morgan fingerprint density at radius 2 is 2.00 bits per heavy atom. The molecule has 0 saturated carbocycles. The van der Waals surface area contributed by atoms with E-state index < -0.39 is 41.5 Å². The number of amides is 2. The Balaban J connectivity index is 2.00. The van der Waals surface area contributed by atoms with E-state index in [0.717, 1.165) is 12.1 Å². The van der Waals surface area contributed by atoms with Gasteiger partial charge in [0.1, 0.15) is 23.8 Å². The van der Waals surface area contributed by atoms with Gasteiger partial charge in [-0.2, -0.15) is 0 Å². The summed E-state index contributed by atoms with van der Waals surface area (Å²) in [6.07, 6.45) is 0.867. The maximum Gasteiger partial charge on any atom is 0.309 e. The van der Waals surface area contributed by atoms with E-state index in [1.54, 1.807) is 0 Å². The molecule has 2 rings (SSSR count). The average Bonchev–Trinajstić information content (AvgIpc) is 3.02. The van der Waals surface area contributed by atoms with Crippen molar-refractivity contribution in [2.45, 2.75) is 25.0 Å². The van der Waals surface area contributed by atoms with E-state index in [2.05, 4.69) is 15.6 Å². The lowest BCUT2D eigenvalue weighted by Gasteiger charge is -2.24. The number of rotatable bonds is 7. The quantitative estimate of drug-likeness (QED) is 0.405. The Hall–Kier alpha value is -2.85. The topological polar surface area (TPSA) is 121 Å². The highest BCUT2D eigenvalue weighted by Crippen LogP contribution is 2.18. The molecule has 1 aliphatic rings. The van der Waals surface area contributed by atoms with Crippen LogP contribution in [0.5, 0.6) is 0 Å². The SMILES string of the molecule is CONC(=O)C1=C[C@@H](NC(=O)C(C)(O)CC(=N)c2cc(F)cc(F)c2)CO1. The molecule has 0 spiro atoms. The summed E-state index contributed by atoms with van der Waals surface area (Å²) in [5.41, 5.74) is -0.355. The largest absolute Gasteiger partial charge is 0.486 e. The zero-order valence-electron chi connectivity index (χ0n) is 14.6. The van der Waals surface area contributed by atoms with Crippen molar-refractivity contribution in [3.05, 3.63) is 47.2 Å². The van der Waals surface area contributed by atoms with Gasteiger partial charge < -0.3 is 20.6 Å². The molecule has 4 N–H and O–H groups in total. The predicted molar refractivity (Wildman–Crippen MR) is 89.5 cm³/mol. The third-order valence-electron chi connectivity index (χ3n) is 3.73. The summed E-state index contributed by atoms with van der Waals surface area (Å²) in [7, 11) is 1.25. The molecular formula is C17H19F2N3O5. The van der Waals surface area contributed by atoms with E-state index in [-0.39, 0.29) is 23.6 Å². The molecular weight excluding hydrogens is 364 g/mol.